The number of halogens is 1. The number of ether oxygens (including phenoxy) is 1. The first-order valence-electron chi connectivity index (χ1n) is 9.46. The Morgan fingerprint density at radius 1 is 1.18 bits per heavy atom. The van der Waals surface area contributed by atoms with Gasteiger partial charge in [-0.1, -0.05) is 41.9 Å². The first kappa shape index (κ1) is 19.1. The number of nitrogens with zero attached hydrogens (tertiary/aromatic N) is 2. The number of rotatable bonds is 6. The zero-order valence-corrected chi connectivity index (χ0v) is 16.3. The molecule has 2 heterocycles. The van der Waals surface area contributed by atoms with Gasteiger partial charge in [-0.05, 0) is 23.8 Å². The van der Waals surface area contributed by atoms with Crippen molar-refractivity contribution in [2.24, 2.45) is 0 Å². The van der Waals surface area contributed by atoms with E-state index in [2.05, 4.69) is 32.3 Å². The summed E-state index contributed by atoms with van der Waals surface area (Å²) in [6.45, 7) is 4.71. The van der Waals surface area contributed by atoms with Crippen molar-refractivity contribution >= 4 is 22.5 Å². The molecule has 1 atom stereocenters. The summed E-state index contributed by atoms with van der Waals surface area (Å²) < 4.78 is 5.46. The molecule has 2 N–H and O–H groups in total. The van der Waals surface area contributed by atoms with Crippen LogP contribution in [0.4, 0.5) is 0 Å². The average molecular weight is 399 g/mol. The number of aromatic amines is 1. The van der Waals surface area contributed by atoms with Crippen LogP contribution in [0.25, 0.3) is 10.9 Å². The van der Waals surface area contributed by atoms with Gasteiger partial charge in [-0.2, -0.15) is 0 Å². The number of nitrogens with one attached hydrogen (secondary N) is 2. The van der Waals surface area contributed by atoms with Crippen molar-refractivity contribution in [3.8, 4) is 0 Å². The number of fused-ring (bicyclic) bond motifs is 1. The number of benzene rings is 2. The Hall–Kier alpha value is -2.25. The van der Waals surface area contributed by atoms with E-state index in [-0.39, 0.29) is 11.6 Å². The Kier molecular flexibility index (Phi) is 6.02. The van der Waals surface area contributed by atoms with Gasteiger partial charge in [-0.25, -0.2) is 4.98 Å². The second kappa shape index (κ2) is 8.84. The van der Waals surface area contributed by atoms with Crippen molar-refractivity contribution < 1.29 is 4.74 Å². The van der Waals surface area contributed by atoms with E-state index in [0.29, 0.717) is 28.3 Å². The molecule has 1 aliphatic heterocycles. The van der Waals surface area contributed by atoms with E-state index in [1.165, 1.54) is 5.56 Å². The summed E-state index contributed by atoms with van der Waals surface area (Å²) in [5.74, 6) is 0.600. The Morgan fingerprint density at radius 2 is 1.96 bits per heavy atom. The molecule has 0 bridgehead atoms. The SMILES string of the molecule is O=c1[nH]c(CN[C@H](CN2CCOCC2)c2ccccc2)nc2cc(Cl)ccc12. The number of hydrogen-bond donors (Lipinski definition) is 2. The van der Waals surface area contributed by atoms with E-state index in [0.717, 1.165) is 32.8 Å². The maximum absolute atomic E-state index is 12.4. The van der Waals surface area contributed by atoms with Gasteiger partial charge in [0.2, 0.25) is 0 Å². The minimum absolute atomic E-state index is 0.125. The van der Waals surface area contributed by atoms with E-state index in [1.54, 1.807) is 18.2 Å². The minimum Gasteiger partial charge on any atom is -0.379 e. The molecule has 0 unspecified atom stereocenters. The first-order valence-corrected chi connectivity index (χ1v) is 9.84. The van der Waals surface area contributed by atoms with Gasteiger partial charge in [0.1, 0.15) is 5.82 Å². The van der Waals surface area contributed by atoms with Crippen molar-refractivity contribution in [1.29, 1.82) is 0 Å². The molecular formula is C21H23ClN4O2. The quantitative estimate of drug-likeness (QED) is 0.668. The summed E-state index contributed by atoms with van der Waals surface area (Å²) in [5, 5.41) is 4.67. The molecule has 146 valence electrons. The average Bonchev–Trinajstić information content (AvgIpc) is 2.72. The molecule has 7 heteroatoms. The maximum atomic E-state index is 12.4. The number of hydrogen-bond acceptors (Lipinski definition) is 5. The maximum Gasteiger partial charge on any atom is 0.258 e. The van der Waals surface area contributed by atoms with Crippen LogP contribution >= 0.6 is 11.6 Å². The summed E-state index contributed by atoms with van der Waals surface area (Å²) in [6.07, 6.45) is 0. The van der Waals surface area contributed by atoms with Crippen LogP contribution in [0.2, 0.25) is 5.02 Å². The highest BCUT2D eigenvalue weighted by molar-refractivity contribution is 6.31. The highest BCUT2D eigenvalue weighted by Gasteiger charge is 2.18. The summed E-state index contributed by atoms with van der Waals surface area (Å²) in [5.41, 5.74) is 1.67. The van der Waals surface area contributed by atoms with Crippen molar-refractivity contribution in [2.75, 3.05) is 32.8 Å². The van der Waals surface area contributed by atoms with Crippen LogP contribution in [0.1, 0.15) is 17.4 Å². The van der Waals surface area contributed by atoms with Crippen LogP contribution in [0, 0.1) is 0 Å². The zero-order valence-electron chi connectivity index (χ0n) is 15.5. The largest absolute Gasteiger partial charge is 0.379 e. The van der Waals surface area contributed by atoms with Gasteiger partial charge >= 0.3 is 0 Å². The number of H-pyrrole nitrogens is 1. The Labute approximate surface area is 168 Å². The van der Waals surface area contributed by atoms with Crippen LogP contribution < -0.4 is 10.9 Å². The lowest BCUT2D eigenvalue weighted by Crippen LogP contribution is -2.42. The standard InChI is InChI=1S/C21H23ClN4O2/c22-16-6-7-17-18(12-16)24-20(25-21(17)27)13-23-19(15-4-2-1-3-5-15)14-26-8-10-28-11-9-26/h1-7,12,19,23H,8-11,13-14H2,(H,24,25,27)/t19-/m1/s1. The molecule has 3 aromatic rings. The smallest absolute Gasteiger partial charge is 0.258 e. The highest BCUT2D eigenvalue weighted by atomic mass is 35.5. The lowest BCUT2D eigenvalue weighted by Gasteiger charge is -2.31. The molecule has 0 saturated carbocycles. The van der Waals surface area contributed by atoms with E-state index in [1.807, 2.05) is 18.2 Å². The van der Waals surface area contributed by atoms with Gasteiger partial charge in [-0.15, -0.1) is 0 Å². The highest BCUT2D eigenvalue weighted by Crippen LogP contribution is 2.17. The Morgan fingerprint density at radius 3 is 2.75 bits per heavy atom. The second-order valence-corrected chi connectivity index (χ2v) is 7.37. The molecule has 0 aliphatic carbocycles. The van der Waals surface area contributed by atoms with E-state index in [9.17, 15) is 4.79 Å². The summed E-state index contributed by atoms with van der Waals surface area (Å²) in [4.78, 5) is 22.2. The lowest BCUT2D eigenvalue weighted by molar-refractivity contribution is 0.0333. The molecule has 0 amide bonds. The van der Waals surface area contributed by atoms with Crippen LogP contribution in [0.15, 0.2) is 53.3 Å². The van der Waals surface area contributed by atoms with Gasteiger partial charge in [0.25, 0.3) is 5.56 Å². The van der Waals surface area contributed by atoms with Crippen LogP contribution in [0.3, 0.4) is 0 Å². The van der Waals surface area contributed by atoms with Crippen molar-refractivity contribution in [3.63, 3.8) is 0 Å². The molecule has 1 aromatic heterocycles. The minimum atomic E-state index is -0.150. The molecule has 6 nitrogen and oxygen atoms in total. The van der Waals surface area contributed by atoms with E-state index in [4.69, 9.17) is 16.3 Å². The normalized spacial score (nSPS) is 16.3. The molecular weight excluding hydrogens is 376 g/mol. The monoisotopic (exact) mass is 398 g/mol. The van der Waals surface area contributed by atoms with Crippen molar-refractivity contribution in [2.45, 2.75) is 12.6 Å². The topological polar surface area (TPSA) is 70.2 Å². The fourth-order valence-corrected chi connectivity index (χ4v) is 3.65. The van der Waals surface area contributed by atoms with Crippen LogP contribution in [-0.4, -0.2) is 47.7 Å². The fourth-order valence-electron chi connectivity index (χ4n) is 3.48. The predicted molar refractivity (Wildman–Crippen MR) is 111 cm³/mol. The Balaban J connectivity index is 1.53. The molecule has 1 saturated heterocycles. The van der Waals surface area contributed by atoms with Gasteiger partial charge in [0, 0.05) is 30.7 Å². The van der Waals surface area contributed by atoms with Gasteiger partial charge in [-0.3, -0.25) is 9.69 Å². The van der Waals surface area contributed by atoms with Crippen molar-refractivity contribution in [3.05, 3.63) is 75.3 Å². The third kappa shape index (κ3) is 4.59. The predicted octanol–water partition coefficient (Wildman–Crippen LogP) is 2.74. The lowest BCUT2D eigenvalue weighted by atomic mass is 10.1. The van der Waals surface area contributed by atoms with Gasteiger partial charge in [0.05, 0.1) is 30.7 Å². The first-order chi connectivity index (χ1) is 13.7. The van der Waals surface area contributed by atoms with Crippen LogP contribution in [-0.2, 0) is 11.3 Å². The molecule has 2 aromatic carbocycles. The third-order valence-corrected chi connectivity index (χ3v) is 5.22. The molecule has 0 spiro atoms. The summed E-state index contributed by atoms with van der Waals surface area (Å²) >= 11 is 6.06. The fraction of sp³-hybridized carbons (Fsp3) is 0.333. The van der Waals surface area contributed by atoms with E-state index < -0.39 is 0 Å². The van der Waals surface area contributed by atoms with Crippen LogP contribution in [0.5, 0.6) is 0 Å². The number of morpholine rings is 1. The van der Waals surface area contributed by atoms with Gasteiger partial charge < -0.3 is 15.0 Å². The Bertz CT molecular complexity index is 987. The second-order valence-electron chi connectivity index (χ2n) is 6.93. The molecule has 0 radical (unpaired) electrons. The van der Waals surface area contributed by atoms with E-state index >= 15 is 0 Å². The molecule has 4 rings (SSSR count). The third-order valence-electron chi connectivity index (χ3n) is 4.98. The zero-order chi connectivity index (χ0) is 19.3. The number of aromatic nitrogens is 2. The summed E-state index contributed by atoms with van der Waals surface area (Å²) in [6, 6.07) is 15.6. The molecule has 28 heavy (non-hydrogen) atoms. The summed E-state index contributed by atoms with van der Waals surface area (Å²) in [7, 11) is 0. The molecule has 1 aliphatic rings. The van der Waals surface area contributed by atoms with Crippen molar-refractivity contribution in [1.82, 2.24) is 20.2 Å². The van der Waals surface area contributed by atoms with Gasteiger partial charge in [0.15, 0.2) is 0 Å². The molecule has 1 fully saturated rings.